The number of nitrogen functional groups attached to an aromatic ring is 1. The average Bonchev–Trinajstić information content (AvgIpc) is 3.55. The number of hydrazine groups is 1. The van der Waals surface area contributed by atoms with Crippen molar-refractivity contribution in [1.82, 2.24) is 25.1 Å². The van der Waals surface area contributed by atoms with Crippen LogP contribution in [0.3, 0.4) is 0 Å². The molecule has 4 aromatic rings. The van der Waals surface area contributed by atoms with Crippen LogP contribution in [0.1, 0.15) is 29.4 Å². The van der Waals surface area contributed by atoms with Crippen molar-refractivity contribution in [3.8, 4) is 11.3 Å². The molecule has 2 aromatic heterocycles. The van der Waals surface area contributed by atoms with Gasteiger partial charge < -0.3 is 16.0 Å². The molecule has 0 radical (unpaired) electrons. The highest BCUT2D eigenvalue weighted by atomic mass is 35.5. The number of nitrogens with one attached hydrogen (secondary N) is 2. The highest BCUT2D eigenvalue weighted by molar-refractivity contribution is 6.30. The predicted molar refractivity (Wildman–Crippen MR) is 151 cm³/mol. The van der Waals surface area contributed by atoms with Gasteiger partial charge in [0.25, 0.3) is 0 Å². The molecule has 0 bridgehead atoms. The minimum Gasteiger partial charge on any atom is -0.399 e. The number of carbonyl (C=O) groups excluding carboxylic acids is 1. The summed E-state index contributed by atoms with van der Waals surface area (Å²) in [6, 6.07) is 12.4. The molecule has 1 amide bonds. The summed E-state index contributed by atoms with van der Waals surface area (Å²) in [7, 11) is 1.85. The van der Waals surface area contributed by atoms with Crippen molar-refractivity contribution < 1.29 is 4.79 Å². The van der Waals surface area contributed by atoms with E-state index in [0.29, 0.717) is 35.1 Å². The largest absolute Gasteiger partial charge is 0.399 e. The first-order valence-electron chi connectivity index (χ1n) is 11.8. The number of hydrogen-bond acceptors (Lipinski definition) is 7. The molecular formula is C26H29ClN10O. The molecule has 1 atom stereocenters. The molecule has 0 aliphatic heterocycles. The van der Waals surface area contributed by atoms with E-state index in [4.69, 9.17) is 23.2 Å². The predicted octanol–water partition coefficient (Wildman–Crippen LogP) is 3.40. The van der Waals surface area contributed by atoms with Gasteiger partial charge in [-0.15, -0.1) is 5.10 Å². The van der Waals surface area contributed by atoms with Gasteiger partial charge in [0, 0.05) is 43.5 Å². The average molecular weight is 533 g/mol. The molecular weight excluding hydrogens is 504 g/mol. The first-order valence-corrected chi connectivity index (χ1v) is 12.2. The zero-order chi connectivity index (χ0) is 27.1. The fourth-order valence-electron chi connectivity index (χ4n) is 4.03. The second-order valence-electron chi connectivity index (χ2n) is 8.70. The summed E-state index contributed by atoms with van der Waals surface area (Å²) < 4.78 is 1.72. The summed E-state index contributed by atoms with van der Waals surface area (Å²) in [6.45, 7) is 3.31. The number of carbonyl (C=O) groups is 1. The first-order chi connectivity index (χ1) is 18.3. The maximum atomic E-state index is 13.1. The number of imidazole rings is 1. The van der Waals surface area contributed by atoms with Crippen LogP contribution < -0.4 is 21.9 Å². The van der Waals surface area contributed by atoms with Gasteiger partial charge >= 0.3 is 0 Å². The molecule has 6 N–H and O–H groups in total. The molecule has 0 saturated heterocycles. The van der Waals surface area contributed by atoms with Crippen molar-refractivity contribution in [3.63, 3.8) is 0 Å². The van der Waals surface area contributed by atoms with Crippen LogP contribution in [0.15, 0.2) is 71.3 Å². The highest BCUT2D eigenvalue weighted by Gasteiger charge is 2.20. The van der Waals surface area contributed by atoms with E-state index < -0.39 is 6.04 Å². The Morgan fingerprint density at radius 3 is 2.79 bits per heavy atom. The van der Waals surface area contributed by atoms with Gasteiger partial charge in [0.1, 0.15) is 12.2 Å². The second kappa shape index (κ2) is 12.2. The smallest absolute Gasteiger partial charge is 0.220 e. The highest BCUT2D eigenvalue weighted by Crippen LogP contribution is 2.25. The van der Waals surface area contributed by atoms with Crippen molar-refractivity contribution in [2.75, 3.05) is 10.7 Å². The van der Waals surface area contributed by atoms with Gasteiger partial charge in [-0.25, -0.2) is 10.8 Å². The Bertz CT molecular complexity index is 1430. The summed E-state index contributed by atoms with van der Waals surface area (Å²) in [4.78, 5) is 21.0. The van der Waals surface area contributed by atoms with Crippen LogP contribution in [0.2, 0.25) is 5.02 Å². The summed E-state index contributed by atoms with van der Waals surface area (Å²) in [5.74, 6) is 6.55. The number of aromatic amines is 1. The summed E-state index contributed by atoms with van der Waals surface area (Å²) in [6.07, 6.45) is 7.88. The normalized spacial score (nSPS) is 12.0. The van der Waals surface area contributed by atoms with Crippen LogP contribution in [-0.2, 0) is 24.7 Å². The van der Waals surface area contributed by atoms with E-state index in [9.17, 15) is 4.79 Å². The van der Waals surface area contributed by atoms with E-state index in [1.54, 1.807) is 35.3 Å². The summed E-state index contributed by atoms with van der Waals surface area (Å²) in [5.41, 5.74) is 10.7. The molecule has 0 spiro atoms. The zero-order valence-corrected chi connectivity index (χ0v) is 21.6. The lowest BCUT2D eigenvalue weighted by atomic mass is 10.1. The van der Waals surface area contributed by atoms with Crippen LogP contribution in [0.25, 0.3) is 11.3 Å². The lowest BCUT2D eigenvalue weighted by Gasteiger charge is -2.19. The Kier molecular flexibility index (Phi) is 8.51. The molecule has 196 valence electrons. The van der Waals surface area contributed by atoms with E-state index in [1.807, 2.05) is 37.5 Å². The maximum absolute atomic E-state index is 13.1. The third-order valence-corrected chi connectivity index (χ3v) is 6.11. The number of aryl methyl sites for hydroxylation is 2. The van der Waals surface area contributed by atoms with Gasteiger partial charge in [-0.2, -0.15) is 10.2 Å². The molecule has 0 aliphatic rings. The lowest BCUT2D eigenvalue weighted by Crippen LogP contribution is -2.32. The minimum absolute atomic E-state index is 0.153. The fourth-order valence-corrected chi connectivity index (χ4v) is 4.22. The van der Waals surface area contributed by atoms with Gasteiger partial charge in [0.15, 0.2) is 0 Å². The number of halogens is 1. The molecule has 2 heterocycles. The molecule has 0 aliphatic carbocycles. The number of nitrogens with two attached hydrogens (primary N) is 2. The van der Waals surface area contributed by atoms with Crippen LogP contribution in [0.5, 0.6) is 0 Å². The Morgan fingerprint density at radius 1 is 1.29 bits per heavy atom. The van der Waals surface area contributed by atoms with Crippen molar-refractivity contribution in [2.24, 2.45) is 23.1 Å². The minimum atomic E-state index is -0.398. The van der Waals surface area contributed by atoms with Gasteiger partial charge in [0.2, 0.25) is 5.91 Å². The van der Waals surface area contributed by atoms with Crippen LogP contribution >= 0.6 is 11.6 Å². The number of rotatable bonds is 11. The monoisotopic (exact) mass is 532 g/mol. The number of hydrogen-bond donors (Lipinski definition) is 4. The van der Waals surface area contributed by atoms with E-state index in [1.165, 1.54) is 11.3 Å². The topological polar surface area (TPSA) is 156 Å². The van der Waals surface area contributed by atoms with Crippen LogP contribution in [0.4, 0.5) is 11.4 Å². The molecule has 11 nitrogen and oxygen atoms in total. The molecule has 0 fully saturated rings. The molecule has 1 unspecified atom stereocenters. The Morgan fingerprint density at radius 2 is 2.08 bits per heavy atom. The van der Waals surface area contributed by atoms with Gasteiger partial charge in [-0.3, -0.25) is 14.5 Å². The number of nitrogens with zero attached hydrogens (tertiary/aromatic N) is 6. The van der Waals surface area contributed by atoms with E-state index in [0.717, 1.165) is 22.4 Å². The zero-order valence-electron chi connectivity index (χ0n) is 20.9. The second-order valence-corrected chi connectivity index (χ2v) is 9.14. The SMILES string of the molecule is C=N/N=C\N(N)c1ccc(Cl)cc1CCC(=O)NC(Cc1cnn(C)c1)c1ncc(-c2ccc(N)cc2)[nH]1. The maximum Gasteiger partial charge on any atom is 0.220 e. The third-order valence-electron chi connectivity index (χ3n) is 5.88. The van der Waals surface area contributed by atoms with Gasteiger partial charge in [0.05, 0.1) is 29.8 Å². The van der Waals surface area contributed by atoms with Gasteiger partial charge in [-0.05, 0) is 53.4 Å². The number of amides is 1. The molecule has 12 heteroatoms. The number of H-pyrrole nitrogens is 1. The van der Waals surface area contributed by atoms with Crippen molar-refractivity contribution in [2.45, 2.75) is 25.3 Å². The Balaban J connectivity index is 1.51. The lowest BCUT2D eigenvalue weighted by molar-refractivity contribution is -0.121. The van der Waals surface area contributed by atoms with E-state index in [2.05, 4.69) is 37.3 Å². The van der Waals surface area contributed by atoms with E-state index in [-0.39, 0.29) is 12.3 Å². The fraction of sp³-hybridized carbons (Fsp3) is 0.192. The molecule has 2 aromatic carbocycles. The van der Waals surface area contributed by atoms with Crippen molar-refractivity contribution in [3.05, 3.63) is 83.0 Å². The molecule has 0 saturated carbocycles. The first kappa shape index (κ1) is 26.6. The Hall–Kier alpha value is -4.48. The number of aromatic nitrogens is 4. The van der Waals surface area contributed by atoms with Gasteiger partial charge in [-0.1, -0.05) is 23.7 Å². The van der Waals surface area contributed by atoms with Crippen LogP contribution in [-0.4, -0.2) is 38.7 Å². The van der Waals surface area contributed by atoms with E-state index >= 15 is 0 Å². The summed E-state index contributed by atoms with van der Waals surface area (Å²) in [5, 5.41) is 16.3. The quantitative estimate of drug-likeness (QED) is 0.0762. The summed E-state index contributed by atoms with van der Waals surface area (Å²) >= 11 is 6.21. The molecule has 38 heavy (non-hydrogen) atoms. The Labute approximate surface area is 225 Å². The number of anilines is 2. The van der Waals surface area contributed by atoms with Crippen molar-refractivity contribution in [1.29, 1.82) is 0 Å². The molecule has 4 rings (SSSR count). The van der Waals surface area contributed by atoms with Crippen molar-refractivity contribution >= 4 is 41.9 Å². The third kappa shape index (κ3) is 6.84. The standard InChI is InChI=1S/C26H29ClN10O/c1-30-32-16-37(29)24-9-6-20(27)12-19(24)5-10-25(38)34-22(11-17-13-33-36(2)15-17)26-31-14-23(35-26)18-3-7-21(28)8-4-18/h3-4,6-9,12-16,22H,1,5,10-11,28-29H2,2H3,(H,31,35)(H,34,38)/b32-16-. The number of benzene rings is 2. The van der Waals surface area contributed by atoms with Crippen LogP contribution in [0, 0.1) is 0 Å².